The highest BCUT2D eigenvalue weighted by Gasteiger charge is 2.09. The Kier molecular flexibility index (Phi) is 5.16. The van der Waals surface area contributed by atoms with Gasteiger partial charge in [0.15, 0.2) is 5.78 Å². The lowest BCUT2D eigenvalue weighted by Gasteiger charge is -2.05. The van der Waals surface area contributed by atoms with Crippen LogP contribution in [0.2, 0.25) is 0 Å². The van der Waals surface area contributed by atoms with E-state index in [1.807, 2.05) is 31.2 Å². The summed E-state index contributed by atoms with van der Waals surface area (Å²) in [5.74, 6) is 1.09. The Morgan fingerprint density at radius 3 is 2.65 bits per heavy atom. The van der Waals surface area contributed by atoms with Gasteiger partial charge in [0.25, 0.3) is 0 Å². The van der Waals surface area contributed by atoms with E-state index in [4.69, 9.17) is 0 Å². The Labute approximate surface area is 108 Å². The average molecular weight is 252 g/mol. The molecule has 17 heavy (non-hydrogen) atoms. The standard InChI is InChI=1S/C13H16N2O.ClH/c1-10-4-6-11(7-5-10)12(16)9-15-13-3-2-8-14-13;/h4-7H,2-3,8-9H2,1H3,(H,14,15);1H/p-1. The smallest absolute Gasteiger partial charge is 0.181 e. The normalized spacial score (nSPS) is 13.8. The Bertz CT molecular complexity index is 412. The second kappa shape index (κ2) is 6.40. The lowest BCUT2D eigenvalue weighted by molar-refractivity contribution is -0.0000111. The van der Waals surface area contributed by atoms with Crippen molar-refractivity contribution in [2.75, 3.05) is 13.1 Å². The number of nitrogens with zero attached hydrogens (tertiary/aromatic N) is 1. The molecule has 1 aliphatic rings. The van der Waals surface area contributed by atoms with E-state index in [9.17, 15) is 4.79 Å². The molecule has 3 nitrogen and oxygen atoms in total. The summed E-state index contributed by atoms with van der Waals surface area (Å²) in [7, 11) is 0. The number of carbonyl (C=O) groups is 1. The monoisotopic (exact) mass is 251 g/mol. The summed E-state index contributed by atoms with van der Waals surface area (Å²) in [5, 5.41) is 3.09. The maximum atomic E-state index is 11.8. The molecule has 1 aromatic carbocycles. The van der Waals surface area contributed by atoms with Crippen molar-refractivity contribution < 1.29 is 17.2 Å². The van der Waals surface area contributed by atoms with Crippen LogP contribution in [0, 0.1) is 6.92 Å². The van der Waals surface area contributed by atoms with Gasteiger partial charge in [-0.2, -0.15) is 0 Å². The van der Waals surface area contributed by atoms with Crippen LogP contribution in [0.15, 0.2) is 29.3 Å². The van der Waals surface area contributed by atoms with E-state index in [1.165, 1.54) is 5.56 Å². The summed E-state index contributed by atoms with van der Waals surface area (Å²) in [6.07, 6.45) is 2.07. The zero-order chi connectivity index (χ0) is 11.4. The summed E-state index contributed by atoms with van der Waals surface area (Å²) in [5.41, 5.74) is 1.93. The first kappa shape index (κ1) is 13.7. The molecule has 0 bridgehead atoms. The molecular weight excluding hydrogens is 236 g/mol. The highest BCUT2D eigenvalue weighted by atomic mass is 35.5. The number of Topliss-reactive ketones (excluding diaryl/α,β-unsaturated/α-hetero) is 1. The third kappa shape index (κ3) is 3.86. The van der Waals surface area contributed by atoms with Crippen LogP contribution < -0.4 is 17.7 Å². The lowest BCUT2D eigenvalue weighted by atomic mass is 10.1. The van der Waals surface area contributed by atoms with Crippen LogP contribution in [-0.4, -0.2) is 24.7 Å². The number of carbonyl (C=O) groups excluding carboxylic acids is 1. The summed E-state index contributed by atoms with van der Waals surface area (Å²) < 4.78 is 0. The molecule has 0 spiro atoms. The van der Waals surface area contributed by atoms with Crippen molar-refractivity contribution in [1.82, 2.24) is 5.32 Å². The van der Waals surface area contributed by atoms with Crippen molar-refractivity contribution >= 4 is 11.6 Å². The lowest BCUT2D eigenvalue weighted by Crippen LogP contribution is -3.00. The van der Waals surface area contributed by atoms with Crippen LogP contribution in [0.3, 0.4) is 0 Å². The van der Waals surface area contributed by atoms with Gasteiger partial charge in [0, 0.05) is 18.5 Å². The van der Waals surface area contributed by atoms with Gasteiger partial charge in [0.1, 0.15) is 0 Å². The number of ketones is 1. The first-order valence-corrected chi connectivity index (χ1v) is 5.63. The van der Waals surface area contributed by atoms with Crippen molar-refractivity contribution in [3.63, 3.8) is 0 Å². The van der Waals surface area contributed by atoms with Gasteiger partial charge in [-0.1, -0.05) is 29.8 Å². The number of nitrogens with one attached hydrogen (secondary N) is 1. The first-order chi connectivity index (χ1) is 7.75. The SMILES string of the molecule is Cc1ccc(C(=O)CNC2=NCCC2)cc1.[Cl-]. The van der Waals surface area contributed by atoms with E-state index in [1.54, 1.807) is 0 Å². The molecule has 1 heterocycles. The van der Waals surface area contributed by atoms with Crippen molar-refractivity contribution in [1.29, 1.82) is 0 Å². The molecule has 92 valence electrons. The minimum absolute atomic E-state index is 0. The minimum Gasteiger partial charge on any atom is -1.00 e. The number of amidine groups is 1. The van der Waals surface area contributed by atoms with E-state index in [2.05, 4.69) is 10.3 Å². The molecular formula is C13H16ClN2O-. The summed E-state index contributed by atoms with van der Waals surface area (Å²) in [6.45, 7) is 3.25. The highest BCUT2D eigenvalue weighted by molar-refractivity contribution is 6.00. The molecule has 0 saturated carbocycles. The van der Waals surface area contributed by atoms with Crippen LogP contribution in [0.25, 0.3) is 0 Å². The van der Waals surface area contributed by atoms with Gasteiger partial charge < -0.3 is 17.7 Å². The molecule has 1 N–H and O–H groups in total. The molecule has 0 radical (unpaired) electrons. The van der Waals surface area contributed by atoms with Crippen LogP contribution in [0.5, 0.6) is 0 Å². The second-order valence-electron chi connectivity index (χ2n) is 4.07. The molecule has 4 heteroatoms. The van der Waals surface area contributed by atoms with Crippen molar-refractivity contribution in [2.45, 2.75) is 19.8 Å². The predicted octanol–water partition coefficient (Wildman–Crippen LogP) is -1.04. The van der Waals surface area contributed by atoms with Crippen LogP contribution >= 0.6 is 0 Å². The summed E-state index contributed by atoms with van der Waals surface area (Å²) >= 11 is 0. The van der Waals surface area contributed by atoms with Gasteiger partial charge >= 0.3 is 0 Å². The van der Waals surface area contributed by atoms with Gasteiger partial charge in [-0.25, -0.2) is 0 Å². The molecule has 0 unspecified atom stereocenters. The van der Waals surface area contributed by atoms with Gasteiger partial charge in [-0.05, 0) is 13.3 Å². The molecule has 0 fully saturated rings. The second-order valence-corrected chi connectivity index (χ2v) is 4.07. The number of aryl methyl sites for hydroxylation is 1. The molecule has 1 aromatic rings. The number of benzene rings is 1. The molecule has 0 amide bonds. The Morgan fingerprint density at radius 1 is 1.35 bits per heavy atom. The number of halogens is 1. The zero-order valence-corrected chi connectivity index (χ0v) is 10.6. The molecule has 2 rings (SSSR count). The molecule has 0 aliphatic carbocycles. The van der Waals surface area contributed by atoms with Gasteiger partial charge in [-0.15, -0.1) is 0 Å². The minimum atomic E-state index is 0. The zero-order valence-electron chi connectivity index (χ0n) is 9.87. The fourth-order valence-electron chi connectivity index (χ4n) is 1.71. The fraction of sp³-hybridized carbons (Fsp3) is 0.385. The predicted molar refractivity (Wildman–Crippen MR) is 65.0 cm³/mol. The largest absolute Gasteiger partial charge is 1.00 e. The highest BCUT2D eigenvalue weighted by Crippen LogP contribution is 2.04. The van der Waals surface area contributed by atoms with Gasteiger partial charge in [-0.3, -0.25) is 9.79 Å². The van der Waals surface area contributed by atoms with Crippen LogP contribution in [-0.2, 0) is 0 Å². The maximum absolute atomic E-state index is 11.8. The molecule has 0 aromatic heterocycles. The fourth-order valence-corrected chi connectivity index (χ4v) is 1.71. The van der Waals surface area contributed by atoms with Crippen molar-refractivity contribution in [3.8, 4) is 0 Å². The Morgan fingerprint density at radius 2 is 2.06 bits per heavy atom. The third-order valence-electron chi connectivity index (χ3n) is 2.70. The van der Waals surface area contributed by atoms with Crippen LogP contribution in [0.4, 0.5) is 0 Å². The summed E-state index contributed by atoms with van der Waals surface area (Å²) in [6, 6.07) is 7.66. The number of rotatable bonds is 3. The quantitative estimate of drug-likeness (QED) is 0.698. The molecule has 0 saturated heterocycles. The van der Waals surface area contributed by atoms with Crippen LogP contribution in [0.1, 0.15) is 28.8 Å². The average Bonchev–Trinajstić information content (AvgIpc) is 2.80. The van der Waals surface area contributed by atoms with E-state index in [-0.39, 0.29) is 18.2 Å². The van der Waals surface area contributed by atoms with E-state index < -0.39 is 0 Å². The van der Waals surface area contributed by atoms with Crippen molar-refractivity contribution in [2.24, 2.45) is 4.99 Å². The topological polar surface area (TPSA) is 41.5 Å². The molecule has 0 atom stereocenters. The number of hydrogen-bond acceptors (Lipinski definition) is 3. The Balaban J connectivity index is 0.00000144. The van der Waals surface area contributed by atoms with Crippen molar-refractivity contribution in [3.05, 3.63) is 35.4 Å². The first-order valence-electron chi connectivity index (χ1n) is 5.63. The summed E-state index contributed by atoms with van der Waals surface area (Å²) in [4.78, 5) is 16.1. The van der Waals surface area contributed by atoms with E-state index >= 15 is 0 Å². The number of aliphatic imine (C=N–C) groups is 1. The van der Waals surface area contributed by atoms with Gasteiger partial charge in [0.2, 0.25) is 0 Å². The Hall–Kier alpha value is -1.35. The van der Waals surface area contributed by atoms with E-state index in [0.717, 1.165) is 30.8 Å². The number of hydrogen-bond donors (Lipinski definition) is 1. The molecule has 1 aliphatic heterocycles. The maximum Gasteiger partial charge on any atom is 0.181 e. The third-order valence-corrected chi connectivity index (χ3v) is 2.70. The van der Waals surface area contributed by atoms with Gasteiger partial charge in [0.05, 0.1) is 12.4 Å². The van der Waals surface area contributed by atoms with E-state index in [0.29, 0.717) is 6.54 Å².